The van der Waals surface area contributed by atoms with Crippen LogP contribution in [0.3, 0.4) is 0 Å². The molecule has 4 bridgehead atoms. The molecule has 1 unspecified atom stereocenters. The molecule has 7 heteroatoms. The zero-order chi connectivity index (χ0) is 15.3. The van der Waals surface area contributed by atoms with Crippen molar-refractivity contribution >= 4 is 16.1 Å². The van der Waals surface area contributed by atoms with Crippen LogP contribution < -0.4 is 0 Å². The van der Waals surface area contributed by atoms with Gasteiger partial charge in [0.2, 0.25) is 6.17 Å². The van der Waals surface area contributed by atoms with Gasteiger partial charge in [-0.1, -0.05) is 0 Å². The van der Waals surface area contributed by atoms with E-state index in [9.17, 15) is 17.6 Å². The van der Waals surface area contributed by atoms with Gasteiger partial charge in [0, 0.05) is 5.41 Å². The van der Waals surface area contributed by atoms with E-state index >= 15 is 0 Å². The van der Waals surface area contributed by atoms with Gasteiger partial charge in [0.15, 0.2) is 0 Å². The van der Waals surface area contributed by atoms with E-state index in [0.29, 0.717) is 17.8 Å². The molecule has 1 atom stereocenters. The van der Waals surface area contributed by atoms with Gasteiger partial charge in [-0.25, -0.2) is 9.18 Å². The summed E-state index contributed by atoms with van der Waals surface area (Å²) in [6.07, 6.45) is 4.57. The van der Waals surface area contributed by atoms with Gasteiger partial charge in [0.1, 0.15) is 5.75 Å². The van der Waals surface area contributed by atoms with Crippen LogP contribution >= 0.6 is 0 Å². The van der Waals surface area contributed by atoms with E-state index < -0.39 is 28.0 Å². The highest BCUT2D eigenvalue weighted by atomic mass is 32.2. The van der Waals surface area contributed by atoms with Gasteiger partial charge in [0.25, 0.3) is 10.1 Å². The number of esters is 1. The largest absolute Gasteiger partial charge is 0.463 e. The second-order valence-electron chi connectivity index (χ2n) is 7.24. The molecule has 4 aliphatic rings. The average molecular weight is 320 g/mol. The monoisotopic (exact) mass is 320 g/mol. The van der Waals surface area contributed by atoms with Crippen LogP contribution in [0.15, 0.2) is 0 Å². The molecule has 0 aromatic carbocycles. The molecule has 0 spiro atoms. The molecule has 0 aromatic heterocycles. The molecule has 21 heavy (non-hydrogen) atoms. The van der Waals surface area contributed by atoms with Gasteiger partial charge in [-0.2, -0.15) is 8.42 Å². The third-order valence-electron chi connectivity index (χ3n) is 5.30. The number of halogens is 1. The minimum atomic E-state index is -4.51. The van der Waals surface area contributed by atoms with Crippen LogP contribution in [-0.2, 0) is 19.6 Å². The molecule has 0 aromatic rings. The first-order valence-corrected chi connectivity index (χ1v) is 9.11. The third kappa shape index (κ3) is 3.39. The topological polar surface area (TPSA) is 80.7 Å². The smallest absolute Gasteiger partial charge is 0.341 e. The van der Waals surface area contributed by atoms with Crippen molar-refractivity contribution in [3.05, 3.63) is 0 Å². The quantitative estimate of drug-likeness (QED) is 0.619. The van der Waals surface area contributed by atoms with E-state index in [4.69, 9.17) is 9.29 Å². The third-order valence-corrected chi connectivity index (χ3v) is 6.01. The minimum Gasteiger partial charge on any atom is -0.463 e. The van der Waals surface area contributed by atoms with Crippen molar-refractivity contribution in [1.29, 1.82) is 0 Å². The molecule has 1 N–H and O–H groups in total. The van der Waals surface area contributed by atoms with Crippen molar-refractivity contribution in [1.82, 2.24) is 0 Å². The molecule has 0 amide bonds. The fourth-order valence-corrected chi connectivity index (χ4v) is 5.54. The van der Waals surface area contributed by atoms with Crippen molar-refractivity contribution in [2.24, 2.45) is 23.2 Å². The molecule has 0 radical (unpaired) electrons. The molecule has 5 nitrogen and oxygen atoms in total. The summed E-state index contributed by atoms with van der Waals surface area (Å²) in [6, 6.07) is 0. The number of ether oxygens (including phenoxy) is 1. The number of hydrogen-bond donors (Lipinski definition) is 1. The second-order valence-corrected chi connectivity index (χ2v) is 8.74. The van der Waals surface area contributed by atoms with Gasteiger partial charge < -0.3 is 4.74 Å². The van der Waals surface area contributed by atoms with E-state index in [0.717, 1.165) is 19.3 Å². The molecule has 4 saturated carbocycles. The maximum absolute atomic E-state index is 13.4. The van der Waals surface area contributed by atoms with E-state index in [1.807, 2.05) is 0 Å². The predicted octanol–water partition coefficient (Wildman–Crippen LogP) is 1.97. The van der Waals surface area contributed by atoms with Gasteiger partial charge >= 0.3 is 5.97 Å². The Labute approximate surface area is 124 Å². The number of alkyl halides is 1. The van der Waals surface area contributed by atoms with Gasteiger partial charge in [-0.15, -0.1) is 0 Å². The molecular formula is C14H21FO5S. The van der Waals surface area contributed by atoms with Crippen LogP contribution in [0.1, 0.15) is 38.5 Å². The summed E-state index contributed by atoms with van der Waals surface area (Å²) in [6.45, 7) is 0.182. The Morgan fingerprint density at radius 2 is 1.67 bits per heavy atom. The summed E-state index contributed by atoms with van der Waals surface area (Å²) in [5, 5.41) is 0. The summed E-state index contributed by atoms with van der Waals surface area (Å²) >= 11 is 0. The summed E-state index contributed by atoms with van der Waals surface area (Å²) in [5.41, 5.74) is -0.0256. The van der Waals surface area contributed by atoms with Crippen LogP contribution in [0, 0.1) is 23.2 Å². The molecule has 4 fully saturated rings. The molecule has 0 aliphatic heterocycles. The molecule has 4 rings (SSSR count). The second kappa shape index (κ2) is 5.19. The SMILES string of the molecule is O=C(OCC12CC3CC(CC(C3)C1)C2)C(F)CS(=O)(=O)O. The zero-order valence-electron chi connectivity index (χ0n) is 11.8. The van der Waals surface area contributed by atoms with Crippen LogP contribution in [0.25, 0.3) is 0 Å². The number of rotatable bonds is 5. The maximum atomic E-state index is 13.4. The lowest BCUT2D eigenvalue weighted by atomic mass is 9.50. The lowest BCUT2D eigenvalue weighted by molar-refractivity contribution is -0.160. The zero-order valence-corrected chi connectivity index (χ0v) is 12.6. The van der Waals surface area contributed by atoms with Crippen molar-refractivity contribution in [3.63, 3.8) is 0 Å². The highest BCUT2D eigenvalue weighted by Gasteiger charge is 2.51. The summed E-state index contributed by atoms with van der Waals surface area (Å²) < 4.78 is 48.2. The van der Waals surface area contributed by atoms with Gasteiger partial charge in [0.05, 0.1) is 6.61 Å². The number of carbonyl (C=O) groups excluding carboxylic acids is 1. The predicted molar refractivity (Wildman–Crippen MR) is 72.9 cm³/mol. The van der Waals surface area contributed by atoms with E-state index in [1.165, 1.54) is 19.3 Å². The highest BCUT2D eigenvalue weighted by molar-refractivity contribution is 7.85. The van der Waals surface area contributed by atoms with Crippen LogP contribution in [0.2, 0.25) is 0 Å². The fourth-order valence-electron chi connectivity index (χ4n) is 5.03. The normalized spacial score (nSPS) is 39.2. The minimum absolute atomic E-state index is 0.0256. The molecular weight excluding hydrogens is 299 g/mol. The Kier molecular flexibility index (Phi) is 3.76. The molecule has 4 aliphatic carbocycles. The molecule has 0 heterocycles. The van der Waals surface area contributed by atoms with Crippen molar-refractivity contribution < 1.29 is 26.9 Å². The fraction of sp³-hybridized carbons (Fsp3) is 0.929. The van der Waals surface area contributed by atoms with Crippen molar-refractivity contribution in [3.8, 4) is 0 Å². The number of hydrogen-bond acceptors (Lipinski definition) is 4. The van der Waals surface area contributed by atoms with Crippen molar-refractivity contribution in [2.45, 2.75) is 44.7 Å². The highest BCUT2D eigenvalue weighted by Crippen LogP contribution is 2.60. The molecule has 120 valence electrons. The summed E-state index contributed by atoms with van der Waals surface area (Å²) in [7, 11) is -4.51. The Bertz CT molecular complexity index is 494. The van der Waals surface area contributed by atoms with E-state index in [1.54, 1.807) is 0 Å². The maximum Gasteiger partial charge on any atom is 0.341 e. The summed E-state index contributed by atoms with van der Waals surface area (Å²) in [5.74, 6) is -0.299. The van der Waals surface area contributed by atoms with E-state index in [-0.39, 0.29) is 12.0 Å². The van der Waals surface area contributed by atoms with Crippen molar-refractivity contribution in [2.75, 3.05) is 12.4 Å². The van der Waals surface area contributed by atoms with Gasteiger partial charge in [-0.05, 0) is 56.3 Å². The Balaban J connectivity index is 1.56. The van der Waals surface area contributed by atoms with Crippen LogP contribution in [-0.4, -0.2) is 37.5 Å². The van der Waals surface area contributed by atoms with E-state index in [2.05, 4.69) is 0 Å². The average Bonchev–Trinajstić information content (AvgIpc) is 2.32. The lowest BCUT2D eigenvalue weighted by Crippen LogP contribution is -2.48. The van der Waals surface area contributed by atoms with Crippen LogP contribution in [0.4, 0.5) is 4.39 Å². The van der Waals surface area contributed by atoms with Gasteiger partial charge in [-0.3, -0.25) is 4.55 Å². The first-order chi connectivity index (χ1) is 9.75. The standard InChI is InChI=1S/C14H21FO5S/c15-12(7-21(17,18)19)13(16)20-8-14-4-9-1-10(5-14)3-11(2-9)6-14/h9-12H,1-8H2,(H,17,18,19). The summed E-state index contributed by atoms with van der Waals surface area (Å²) in [4.78, 5) is 11.5. The first-order valence-electron chi connectivity index (χ1n) is 7.51. The number of carbonyl (C=O) groups is 1. The lowest BCUT2D eigenvalue weighted by Gasteiger charge is -2.56. The Hall–Kier alpha value is -0.690. The Morgan fingerprint density at radius 3 is 2.10 bits per heavy atom. The Morgan fingerprint density at radius 1 is 1.19 bits per heavy atom. The first kappa shape index (κ1) is 15.2. The van der Waals surface area contributed by atoms with Crippen LogP contribution in [0.5, 0.6) is 0 Å². The molecule has 0 saturated heterocycles.